The summed E-state index contributed by atoms with van der Waals surface area (Å²) in [5.41, 5.74) is 0.749. The van der Waals surface area contributed by atoms with Crippen LogP contribution < -0.4 is 4.72 Å². The van der Waals surface area contributed by atoms with Crippen LogP contribution in [0.25, 0.3) is 6.08 Å². The van der Waals surface area contributed by atoms with Crippen LogP contribution in [0.5, 0.6) is 0 Å². The van der Waals surface area contributed by atoms with Gasteiger partial charge in [-0.15, -0.1) is 0 Å². The molecule has 1 aliphatic heterocycles. The molecule has 2 atom stereocenters. The summed E-state index contributed by atoms with van der Waals surface area (Å²) in [5, 5.41) is 5.46. The molecule has 1 aromatic heterocycles. The summed E-state index contributed by atoms with van der Waals surface area (Å²) in [6.07, 6.45) is 2.44. The van der Waals surface area contributed by atoms with Crippen molar-refractivity contribution in [3.63, 3.8) is 0 Å². The highest BCUT2D eigenvalue weighted by atomic mass is 35.5. The number of aromatic nitrogens is 2. The number of nitrogens with zero attached hydrogens (tertiary/aromatic N) is 2. The Morgan fingerprint density at radius 2 is 2.08 bits per heavy atom. The molecule has 9 heteroatoms. The maximum Gasteiger partial charge on any atom is 0.255 e. The Bertz CT molecular complexity index is 849. The molecule has 134 valence electrons. The van der Waals surface area contributed by atoms with Crippen LogP contribution in [-0.4, -0.2) is 31.2 Å². The Morgan fingerprint density at radius 3 is 2.76 bits per heavy atom. The Hall–Kier alpha value is -1.74. The van der Waals surface area contributed by atoms with E-state index in [-0.39, 0.29) is 18.8 Å². The van der Waals surface area contributed by atoms with Crippen LogP contribution in [-0.2, 0) is 14.8 Å². The normalized spacial score (nSPS) is 21.2. The first-order valence-electron chi connectivity index (χ1n) is 7.80. The van der Waals surface area contributed by atoms with Gasteiger partial charge in [0.1, 0.15) is 6.10 Å². The molecule has 1 N–H and O–H groups in total. The average molecular weight is 384 g/mol. The van der Waals surface area contributed by atoms with Crippen molar-refractivity contribution >= 4 is 27.7 Å². The van der Waals surface area contributed by atoms with E-state index in [4.69, 9.17) is 20.9 Å². The summed E-state index contributed by atoms with van der Waals surface area (Å²) in [6, 6.07) is 6.89. The minimum absolute atomic E-state index is 0.191. The lowest BCUT2D eigenvalue weighted by Crippen LogP contribution is -2.30. The van der Waals surface area contributed by atoms with Gasteiger partial charge in [-0.3, -0.25) is 0 Å². The van der Waals surface area contributed by atoms with Crippen molar-refractivity contribution in [2.75, 3.05) is 6.54 Å². The van der Waals surface area contributed by atoms with Gasteiger partial charge in [-0.1, -0.05) is 28.9 Å². The lowest BCUT2D eigenvalue weighted by molar-refractivity contribution is 0.0290. The molecule has 1 fully saturated rings. The van der Waals surface area contributed by atoms with E-state index >= 15 is 0 Å². The molecule has 2 heterocycles. The standard InChI is InChI=1S/C16H18ClN3O4S/c1-11-19-16(24-20-11)15-7-6-14(23-15)10-18-25(21,22)9-8-12-2-4-13(17)5-3-12/h2-5,8-9,14-15,18H,6-7,10H2,1H3/b9-8+/t14-,15+/m1/s1. The van der Waals surface area contributed by atoms with Crippen molar-refractivity contribution in [2.45, 2.75) is 32.0 Å². The number of benzene rings is 1. The fourth-order valence-electron chi connectivity index (χ4n) is 2.48. The van der Waals surface area contributed by atoms with Crippen molar-refractivity contribution in [1.82, 2.24) is 14.9 Å². The van der Waals surface area contributed by atoms with E-state index in [2.05, 4.69) is 14.9 Å². The molecule has 0 saturated carbocycles. The topological polar surface area (TPSA) is 94.3 Å². The van der Waals surface area contributed by atoms with Crippen molar-refractivity contribution < 1.29 is 17.7 Å². The fourth-order valence-corrected chi connectivity index (χ4v) is 3.46. The highest BCUT2D eigenvalue weighted by molar-refractivity contribution is 7.92. The number of halogens is 1. The maximum atomic E-state index is 12.1. The fraction of sp³-hybridized carbons (Fsp3) is 0.375. The molecule has 0 amide bonds. The van der Waals surface area contributed by atoms with Crippen LogP contribution in [0.15, 0.2) is 34.2 Å². The van der Waals surface area contributed by atoms with Gasteiger partial charge in [0.2, 0.25) is 10.0 Å². The number of ether oxygens (including phenoxy) is 1. The number of hydrogen-bond donors (Lipinski definition) is 1. The average Bonchev–Trinajstić information content (AvgIpc) is 3.21. The Balaban J connectivity index is 1.51. The third-order valence-corrected chi connectivity index (χ3v) is 5.06. The molecule has 1 aliphatic rings. The predicted octanol–water partition coefficient (Wildman–Crippen LogP) is 2.84. The van der Waals surface area contributed by atoms with Crippen LogP contribution in [0, 0.1) is 6.92 Å². The Morgan fingerprint density at radius 1 is 1.32 bits per heavy atom. The molecule has 0 bridgehead atoms. The molecule has 3 rings (SSSR count). The minimum Gasteiger partial charge on any atom is -0.364 e. The highest BCUT2D eigenvalue weighted by Crippen LogP contribution is 2.31. The van der Waals surface area contributed by atoms with Crippen molar-refractivity contribution in [2.24, 2.45) is 0 Å². The smallest absolute Gasteiger partial charge is 0.255 e. The SMILES string of the molecule is Cc1noc([C@@H]2CC[C@H](CNS(=O)(=O)/C=C/c3ccc(Cl)cc3)O2)n1. The zero-order valence-corrected chi connectivity index (χ0v) is 15.1. The Kier molecular flexibility index (Phi) is 5.53. The van der Waals surface area contributed by atoms with Gasteiger partial charge in [-0.05, 0) is 43.5 Å². The first-order chi connectivity index (χ1) is 11.9. The number of rotatable bonds is 6. The van der Waals surface area contributed by atoms with Gasteiger partial charge < -0.3 is 9.26 Å². The highest BCUT2D eigenvalue weighted by Gasteiger charge is 2.30. The summed E-state index contributed by atoms with van der Waals surface area (Å²) in [6.45, 7) is 1.93. The predicted molar refractivity (Wildman–Crippen MR) is 93.3 cm³/mol. The molecule has 7 nitrogen and oxygen atoms in total. The summed E-state index contributed by atoms with van der Waals surface area (Å²) in [7, 11) is -3.55. The van der Waals surface area contributed by atoms with Gasteiger partial charge in [0, 0.05) is 17.0 Å². The lowest BCUT2D eigenvalue weighted by Gasteiger charge is -2.11. The van der Waals surface area contributed by atoms with Crippen LogP contribution in [0.2, 0.25) is 5.02 Å². The van der Waals surface area contributed by atoms with Crippen molar-refractivity contribution in [3.8, 4) is 0 Å². The van der Waals surface area contributed by atoms with Gasteiger partial charge in [-0.2, -0.15) is 4.98 Å². The summed E-state index contributed by atoms with van der Waals surface area (Å²) < 4.78 is 37.5. The number of hydrogen-bond acceptors (Lipinski definition) is 6. The van der Waals surface area contributed by atoms with E-state index in [1.165, 1.54) is 6.08 Å². The third-order valence-electron chi connectivity index (χ3n) is 3.75. The van der Waals surface area contributed by atoms with Gasteiger partial charge >= 0.3 is 0 Å². The maximum absolute atomic E-state index is 12.1. The molecular weight excluding hydrogens is 366 g/mol. The first-order valence-corrected chi connectivity index (χ1v) is 9.73. The second-order valence-corrected chi connectivity index (χ2v) is 7.84. The molecule has 0 aliphatic carbocycles. The first kappa shape index (κ1) is 18.1. The monoisotopic (exact) mass is 383 g/mol. The van der Waals surface area contributed by atoms with Crippen LogP contribution in [0.4, 0.5) is 0 Å². The quantitative estimate of drug-likeness (QED) is 0.824. The molecule has 0 unspecified atom stereocenters. The summed E-state index contributed by atoms with van der Waals surface area (Å²) in [4.78, 5) is 4.14. The van der Waals surface area contributed by atoms with E-state index in [0.29, 0.717) is 23.2 Å². The van der Waals surface area contributed by atoms with E-state index in [9.17, 15) is 8.42 Å². The zero-order valence-electron chi connectivity index (χ0n) is 13.6. The number of sulfonamides is 1. The Labute approximate surface area is 151 Å². The molecule has 1 saturated heterocycles. The molecule has 0 spiro atoms. The van der Waals surface area contributed by atoms with Gasteiger partial charge in [-0.25, -0.2) is 13.1 Å². The second kappa shape index (κ2) is 7.65. The molecule has 2 aromatic rings. The van der Waals surface area contributed by atoms with Crippen LogP contribution in [0.3, 0.4) is 0 Å². The van der Waals surface area contributed by atoms with Gasteiger partial charge in [0.25, 0.3) is 5.89 Å². The third kappa shape index (κ3) is 5.12. The minimum atomic E-state index is -3.55. The zero-order chi connectivity index (χ0) is 17.9. The van der Waals surface area contributed by atoms with E-state index < -0.39 is 10.0 Å². The molecule has 25 heavy (non-hydrogen) atoms. The summed E-state index contributed by atoms with van der Waals surface area (Å²) >= 11 is 5.80. The molecule has 1 aromatic carbocycles. The van der Waals surface area contributed by atoms with E-state index in [1.807, 2.05) is 0 Å². The van der Waals surface area contributed by atoms with Crippen LogP contribution in [0.1, 0.15) is 36.2 Å². The second-order valence-electron chi connectivity index (χ2n) is 5.75. The van der Waals surface area contributed by atoms with Crippen molar-refractivity contribution in [3.05, 3.63) is 52.0 Å². The number of nitrogens with one attached hydrogen (secondary N) is 1. The molecule has 0 radical (unpaired) electrons. The van der Waals surface area contributed by atoms with Crippen LogP contribution >= 0.6 is 11.6 Å². The van der Waals surface area contributed by atoms with Gasteiger partial charge in [0.05, 0.1) is 6.10 Å². The van der Waals surface area contributed by atoms with Crippen molar-refractivity contribution in [1.29, 1.82) is 0 Å². The summed E-state index contributed by atoms with van der Waals surface area (Å²) in [5.74, 6) is 0.987. The largest absolute Gasteiger partial charge is 0.364 e. The molecular formula is C16H18ClN3O4S. The lowest BCUT2D eigenvalue weighted by atomic mass is 10.2. The number of aryl methyl sites for hydroxylation is 1. The van der Waals surface area contributed by atoms with E-state index in [1.54, 1.807) is 31.2 Å². The van der Waals surface area contributed by atoms with E-state index in [0.717, 1.165) is 17.4 Å². The van der Waals surface area contributed by atoms with Gasteiger partial charge in [0.15, 0.2) is 5.82 Å².